The quantitative estimate of drug-likeness (QED) is 0.370. The molecule has 0 radical (unpaired) electrons. The first kappa shape index (κ1) is 11.4. The molecule has 21 heavy (non-hydrogen) atoms. The van der Waals surface area contributed by atoms with E-state index in [4.69, 9.17) is 4.42 Å². The molecule has 2 nitrogen and oxygen atoms in total. The molecule has 2 heterocycles. The van der Waals surface area contributed by atoms with Gasteiger partial charge in [0.05, 0.1) is 10.9 Å². The lowest BCUT2D eigenvalue weighted by Crippen LogP contribution is -1.71. The normalized spacial score (nSPS) is 12.0. The Balaban J connectivity index is 2.15. The summed E-state index contributed by atoms with van der Waals surface area (Å²) in [5.74, 6) is 0. The van der Waals surface area contributed by atoms with E-state index in [1.54, 1.807) is 0 Å². The second kappa shape index (κ2) is 3.89. The van der Waals surface area contributed by atoms with Gasteiger partial charge in [0.15, 0.2) is 0 Å². The monoisotopic (exact) mass is 335 g/mol. The van der Waals surface area contributed by atoms with Crippen molar-refractivity contribution < 1.29 is 4.42 Å². The van der Waals surface area contributed by atoms with Gasteiger partial charge in [0.2, 0.25) is 0 Å². The molecule has 2 aromatic heterocycles. The molecular weight excluding hydrogens is 326 g/mol. The molecule has 5 aromatic rings. The molecule has 0 aliphatic rings. The number of furan rings is 1. The first-order valence-corrected chi connectivity index (χ1v) is 7.62. The molecule has 3 heteroatoms. The maximum atomic E-state index is 6.15. The van der Waals surface area contributed by atoms with Crippen LogP contribution >= 0.6 is 15.9 Å². The molecule has 0 unspecified atom stereocenters. The first-order valence-electron chi connectivity index (χ1n) is 6.83. The standard InChI is InChI=1S/C18H10BrNO/c19-12-5-3-6-13-16(12)17-14(20-13)9-8-11-10-4-1-2-7-15(10)21-18(11)17/h1-9,20H. The van der Waals surface area contributed by atoms with Gasteiger partial charge in [-0.15, -0.1) is 0 Å². The van der Waals surface area contributed by atoms with Gasteiger partial charge >= 0.3 is 0 Å². The van der Waals surface area contributed by atoms with Crippen LogP contribution in [0, 0.1) is 0 Å². The second-order valence-corrected chi connectivity index (χ2v) is 6.10. The summed E-state index contributed by atoms with van der Waals surface area (Å²) < 4.78 is 7.23. The predicted octanol–water partition coefficient (Wildman–Crippen LogP) is 5.98. The van der Waals surface area contributed by atoms with Crippen LogP contribution in [0.4, 0.5) is 0 Å². The smallest absolute Gasteiger partial charge is 0.145 e. The fourth-order valence-corrected chi connectivity index (χ4v) is 3.73. The number of H-pyrrole nitrogens is 1. The Morgan fingerprint density at radius 2 is 1.62 bits per heavy atom. The van der Waals surface area contributed by atoms with Gasteiger partial charge < -0.3 is 9.40 Å². The number of aromatic nitrogens is 1. The molecule has 100 valence electrons. The van der Waals surface area contributed by atoms with Crippen molar-refractivity contribution >= 4 is 59.7 Å². The number of benzene rings is 3. The second-order valence-electron chi connectivity index (χ2n) is 5.25. The zero-order valence-corrected chi connectivity index (χ0v) is 12.6. The third-order valence-electron chi connectivity index (χ3n) is 4.08. The average molecular weight is 336 g/mol. The lowest BCUT2D eigenvalue weighted by Gasteiger charge is -1.96. The van der Waals surface area contributed by atoms with Crippen molar-refractivity contribution in [1.82, 2.24) is 4.98 Å². The highest BCUT2D eigenvalue weighted by molar-refractivity contribution is 9.10. The summed E-state index contributed by atoms with van der Waals surface area (Å²) in [6, 6.07) is 18.6. The van der Waals surface area contributed by atoms with E-state index < -0.39 is 0 Å². The zero-order chi connectivity index (χ0) is 14.0. The minimum atomic E-state index is 0.932. The molecule has 0 bridgehead atoms. The van der Waals surface area contributed by atoms with Crippen LogP contribution in [0.3, 0.4) is 0 Å². The van der Waals surface area contributed by atoms with Gasteiger partial charge in [0.25, 0.3) is 0 Å². The predicted molar refractivity (Wildman–Crippen MR) is 90.8 cm³/mol. The number of fused-ring (bicyclic) bond motifs is 7. The van der Waals surface area contributed by atoms with Crippen molar-refractivity contribution in [2.24, 2.45) is 0 Å². The first-order chi connectivity index (χ1) is 10.3. The molecule has 0 fully saturated rings. The highest BCUT2D eigenvalue weighted by atomic mass is 79.9. The van der Waals surface area contributed by atoms with Crippen LogP contribution in [-0.4, -0.2) is 4.98 Å². The Morgan fingerprint density at radius 1 is 0.762 bits per heavy atom. The Kier molecular flexibility index (Phi) is 2.11. The van der Waals surface area contributed by atoms with Crippen LogP contribution in [0.5, 0.6) is 0 Å². The Hall–Kier alpha value is -2.26. The van der Waals surface area contributed by atoms with Crippen molar-refractivity contribution in [2.45, 2.75) is 0 Å². The SMILES string of the molecule is Brc1cccc2[nH]c3ccc4c5ccccc5oc4c3c12. The maximum Gasteiger partial charge on any atom is 0.145 e. The van der Waals surface area contributed by atoms with Gasteiger partial charge in [-0.2, -0.15) is 0 Å². The number of para-hydroxylation sites is 1. The zero-order valence-electron chi connectivity index (χ0n) is 11.0. The van der Waals surface area contributed by atoms with Crippen LogP contribution in [0.1, 0.15) is 0 Å². The van der Waals surface area contributed by atoms with E-state index in [-0.39, 0.29) is 0 Å². The van der Waals surface area contributed by atoms with Crippen molar-refractivity contribution in [3.8, 4) is 0 Å². The molecular formula is C18H10BrNO. The van der Waals surface area contributed by atoms with Crippen LogP contribution in [-0.2, 0) is 0 Å². The van der Waals surface area contributed by atoms with Gasteiger partial charge in [-0.3, -0.25) is 0 Å². The van der Waals surface area contributed by atoms with Crippen LogP contribution < -0.4 is 0 Å². The van der Waals surface area contributed by atoms with Gasteiger partial charge in [0, 0.05) is 26.1 Å². The fourth-order valence-electron chi connectivity index (χ4n) is 3.17. The largest absolute Gasteiger partial charge is 0.455 e. The van der Waals surface area contributed by atoms with Gasteiger partial charge in [-0.1, -0.05) is 40.2 Å². The Labute approximate surface area is 128 Å². The van der Waals surface area contributed by atoms with E-state index in [2.05, 4.69) is 51.2 Å². The van der Waals surface area contributed by atoms with E-state index in [1.807, 2.05) is 24.3 Å². The summed E-state index contributed by atoms with van der Waals surface area (Å²) in [6.07, 6.45) is 0. The van der Waals surface area contributed by atoms with E-state index >= 15 is 0 Å². The fraction of sp³-hybridized carbons (Fsp3) is 0. The number of rotatable bonds is 0. The molecule has 0 saturated carbocycles. The van der Waals surface area contributed by atoms with Gasteiger partial charge in [0.1, 0.15) is 11.2 Å². The Bertz CT molecular complexity index is 1150. The molecule has 0 saturated heterocycles. The van der Waals surface area contributed by atoms with Crippen molar-refractivity contribution in [1.29, 1.82) is 0 Å². The summed E-state index contributed by atoms with van der Waals surface area (Å²) in [5.41, 5.74) is 4.10. The molecule has 0 atom stereocenters. The average Bonchev–Trinajstić information content (AvgIpc) is 3.05. The summed E-state index contributed by atoms with van der Waals surface area (Å²) in [5, 5.41) is 4.65. The molecule has 5 rings (SSSR count). The van der Waals surface area contributed by atoms with Gasteiger partial charge in [-0.25, -0.2) is 0 Å². The summed E-state index contributed by atoms with van der Waals surface area (Å²) in [6.45, 7) is 0. The molecule has 0 aliphatic heterocycles. The van der Waals surface area contributed by atoms with Crippen molar-refractivity contribution in [2.75, 3.05) is 0 Å². The third-order valence-corrected chi connectivity index (χ3v) is 4.74. The number of nitrogens with one attached hydrogen (secondary N) is 1. The van der Waals surface area contributed by atoms with E-state index in [9.17, 15) is 0 Å². The topological polar surface area (TPSA) is 28.9 Å². The van der Waals surface area contributed by atoms with Crippen LogP contribution in [0.15, 0.2) is 63.5 Å². The number of aromatic amines is 1. The molecule has 0 spiro atoms. The highest BCUT2D eigenvalue weighted by Gasteiger charge is 2.15. The van der Waals surface area contributed by atoms with E-state index in [0.29, 0.717) is 0 Å². The van der Waals surface area contributed by atoms with Crippen LogP contribution in [0.25, 0.3) is 43.7 Å². The summed E-state index contributed by atoms with van der Waals surface area (Å²) in [7, 11) is 0. The highest BCUT2D eigenvalue weighted by Crippen LogP contribution is 2.39. The van der Waals surface area contributed by atoms with Crippen molar-refractivity contribution in [3.63, 3.8) is 0 Å². The minimum Gasteiger partial charge on any atom is -0.455 e. The molecule has 0 amide bonds. The number of hydrogen-bond acceptors (Lipinski definition) is 1. The number of hydrogen-bond donors (Lipinski definition) is 1. The minimum absolute atomic E-state index is 0.932. The van der Waals surface area contributed by atoms with Gasteiger partial charge in [-0.05, 0) is 30.3 Å². The number of halogens is 1. The molecule has 1 N–H and O–H groups in total. The molecule has 0 aliphatic carbocycles. The van der Waals surface area contributed by atoms with Crippen LogP contribution in [0.2, 0.25) is 0 Å². The van der Waals surface area contributed by atoms with E-state index in [1.165, 1.54) is 5.39 Å². The lowest BCUT2D eigenvalue weighted by molar-refractivity contribution is 0.673. The van der Waals surface area contributed by atoms with E-state index in [0.717, 1.165) is 42.8 Å². The summed E-state index contributed by atoms with van der Waals surface area (Å²) in [4.78, 5) is 3.47. The Morgan fingerprint density at radius 3 is 2.57 bits per heavy atom. The summed E-state index contributed by atoms with van der Waals surface area (Å²) >= 11 is 3.67. The molecule has 3 aromatic carbocycles. The maximum absolute atomic E-state index is 6.15. The van der Waals surface area contributed by atoms with Crippen molar-refractivity contribution in [3.05, 3.63) is 59.1 Å². The third kappa shape index (κ3) is 1.41. The lowest BCUT2D eigenvalue weighted by atomic mass is 10.1.